The highest BCUT2D eigenvalue weighted by Gasteiger charge is 2.23. The first kappa shape index (κ1) is 15.9. The van der Waals surface area contributed by atoms with Crippen molar-refractivity contribution in [3.8, 4) is 5.69 Å². The standard InChI is InChI=1S/C14H15N3O4S/c15-14(19)12(9-22(16,20)21)10-4-6-11(7-5-10)17-8-2-1-3-13(17)18/h1-8,12H,9H2,(H2,15,19)(H2,16,20,21). The average Bonchev–Trinajstić information content (AvgIpc) is 2.44. The molecule has 0 radical (unpaired) electrons. The van der Waals surface area contributed by atoms with Crippen LogP contribution in [-0.2, 0) is 14.8 Å². The number of hydrogen-bond acceptors (Lipinski definition) is 4. The minimum absolute atomic E-state index is 0.203. The quantitative estimate of drug-likeness (QED) is 0.783. The molecule has 1 unspecified atom stereocenters. The van der Waals surface area contributed by atoms with Gasteiger partial charge < -0.3 is 5.73 Å². The van der Waals surface area contributed by atoms with Crippen molar-refractivity contribution in [3.05, 3.63) is 64.6 Å². The molecule has 1 aromatic heterocycles. The first-order valence-corrected chi connectivity index (χ1v) is 8.07. The number of benzene rings is 1. The van der Waals surface area contributed by atoms with E-state index in [2.05, 4.69) is 0 Å². The number of aromatic nitrogens is 1. The van der Waals surface area contributed by atoms with Gasteiger partial charge in [-0.25, -0.2) is 13.6 Å². The van der Waals surface area contributed by atoms with Crippen LogP contribution in [0, 0.1) is 0 Å². The van der Waals surface area contributed by atoms with Crippen LogP contribution in [0.3, 0.4) is 0 Å². The van der Waals surface area contributed by atoms with Crippen molar-refractivity contribution in [1.29, 1.82) is 0 Å². The van der Waals surface area contributed by atoms with Crippen molar-refractivity contribution in [2.45, 2.75) is 5.92 Å². The van der Waals surface area contributed by atoms with Gasteiger partial charge in [-0.05, 0) is 23.8 Å². The fourth-order valence-electron chi connectivity index (χ4n) is 2.08. The van der Waals surface area contributed by atoms with Crippen molar-refractivity contribution < 1.29 is 13.2 Å². The number of hydrogen-bond donors (Lipinski definition) is 2. The largest absolute Gasteiger partial charge is 0.369 e. The van der Waals surface area contributed by atoms with E-state index in [-0.39, 0.29) is 5.56 Å². The van der Waals surface area contributed by atoms with Crippen LogP contribution in [0.15, 0.2) is 53.5 Å². The van der Waals surface area contributed by atoms with E-state index < -0.39 is 27.6 Å². The Hall–Kier alpha value is -2.45. The number of carbonyl (C=O) groups excluding carboxylic acids is 1. The summed E-state index contributed by atoms with van der Waals surface area (Å²) in [5.74, 6) is -2.37. The van der Waals surface area contributed by atoms with Gasteiger partial charge in [0.05, 0.1) is 11.7 Å². The van der Waals surface area contributed by atoms with Gasteiger partial charge in [-0.1, -0.05) is 18.2 Å². The van der Waals surface area contributed by atoms with Crippen LogP contribution in [0.25, 0.3) is 5.69 Å². The third-order valence-corrected chi connectivity index (χ3v) is 3.94. The van der Waals surface area contributed by atoms with Crippen molar-refractivity contribution in [2.24, 2.45) is 10.9 Å². The molecule has 1 aromatic carbocycles. The SMILES string of the molecule is NC(=O)C(CS(N)(=O)=O)c1ccc(-n2ccccc2=O)cc1. The number of rotatable bonds is 5. The van der Waals surface area contributed by atoms with Gasteiger partial charge in [-0.2, -0.15) is 0 Å². The van der Waals surface area contributed by atoms with Gasteiger partial charge in [-0.3, -0.25) is 14.2 Å². The number of nitrogens with two attached hydrogens (primary N) is 2. The highest BCUT2D eigenvalue weighted by molar-refractivity contribution is 7.89. The molecule has 0 bridgehead atoms. The molecule has 1 amide bonds. The van der Waals surface area contributed by atoms with E-state index in [1.54, 1.807) is 42.6 Å². The summed E-state index contributed by atoms with van der Waals surface area (Å²) < 4.78 is 23.8. The molecule has 116 valence electrons. The first-order chi connectivity index (χ1) is 10.3. The molecule has 1 atom stereocenters. The lowest BCUT2D eigenvalue weighted by atomic mass is 10.0. The monoisotopic (exact) mass is 321 g/mol. The Morgan fingerprint density at radius 1 is 1.14 bits per heavy atom. The highest BCUT2D eigenvalue weighted by Crippen LogP contribution is 2.18. The molecule has 22 heavy (non-hydrogen) atoms. The summed E-state index contributed by atoms with van der Waals surface area (Å²) in [6.07, 6.45) is 1.60. The summed E-state index contributed by atoms with van der Waals surface area (Å²) >= 11 is 0. The number of sulfonamides is 1. The lowest BCUT2D eigenvalue weighted by Gasteiger charge is -2.13. The van der Waals surface area contributed by atoms with Crippen molar-refractivity contribution >= 4 is 15.9 Å². The number of primary amides is 1. The predicted molar refractivity (Wildman–Crippen MR) is 81.9 cm³/mol. The molecule has 0 saturated heterocycles. The minimum Gasteiger partial charge on any atom is -0.369 e. The average molecular weight is 321 g/mol. The molecule has 0 fully saturated rings. The van der Waals surface area contributed by atoms with E-state index in [1.165, 1.54) is 10.6 Å². The summed E-state index contributed by atoms with van der Waals surface area (Å²) in [5, 5.41) is 4.97. The van der Waals surface area contributed by atoms with Crippen LogP contribution in [0.2, 0.25) is 0 Å². The van der Waals surface area contributed by atoms with E-state index in [1.807, 2.05) is 0 Å². The topological polar surface area (TPSA) is 125 Å². The molecule has 0 aliphatic rings. The minimum atomic E-state index is -3.84. The zero-order chi connectivity index (χ0) is 16.3. The Kier molecular flexibility index (Phi) is 4.43. The molecule has 2 aromatic rings. The summed E-state index contributed by atoms with van der Waals surface area (Å²) in [4.78, 5) is 23.2. The summed E-state index contributed by atoms with van der Waals surface area (Å²) in [6.45, 7) is 0. The molecule has 7 nitrogen and oxygen atoms in total. The zero-order valence-corrected chi connectivity index (χ0v) is 12.4. The third kappa shape index (κ3) is 3.80. The highest BCUT2D eigenvalue weighted by atomic mass is 32.2. The molecule has 0 spiro atoms. The summed E-state index contributed by atoms with van der Waals surface area (Å²) in [5.41, 5.74) is 6.05. The molecule has 2 rings (SSSR count). The summed E-state index contributed by atoms with van der Waals surface area (Å²) in [6, 6.07) is 11.1. The van der Waals surface area contributed by atoms with Crippen LogP contribution in [0.1, 0.15) is 11.5 Å². The van der Waals surface area contributed by atoms with Crippen molar-refractivity contribution in [1.82, 2.24) is 4.57 Å². The molecular weight excluding hydrogens is 306 g/mol. The van der Waals surface area contributed by atoms with Crippen LogP contribution >= 0.6 is 0 Å². The smallest absolute Gasteiger partial charge is 0.255 e. The van der Waals surface area contributed by atoms with E-state index >= 15 is 0 Å². The Bertz CT molecular complexity index is 841. The van der Waals surface area contributed by atoms with Crippen LogP contribution in [0.4, 0.5) is 0 Å². The van der Waals surface area contributed by atoms with Crippen LogP contribution in [-0.4, -0.2) is 24.6 Å². The zero-order valence-electron chi connectivity index (χ0n) is 11.5. The fourth-order valence-corrected chi connectivity index (χ4v) is 2.90. The van der Waals surface area contributed by atoms with Gasteiger partial charge in [0, 0.05) is 18.0 Å². The molecular formula is C14H15N3O4S. The number of carbonyl (C=O) groups is 1. The van der Waals surface area contributed by atoms with Gasteiger partial charge >= 0.3 is 0 Å². The molecule has 8 heteroatoms. The van der Waals surface area contributed by atoms with Gasteiger partial charge in [0.1, 0.15) is 0 Å². The normalized spacial score (nSPS) is 12.8. The van der Waals surface area contributed by atoms with E-state index in [9.17, 15) is 18.0 Å². The maximum atomic E-state index is 11.7. The van der Waals surface area contributed by atoms with Crippen LogP contribution in [0.5, 0.6) is 0 Å². The second-order valence-corrected chi connectivity index (χ2v) is 6.44. The van der Waals surface area contributed by atoms with Crippen molar-refractivity contribution in [2.75, 3.05) is 5.75 Å². The second kappa shape index (κ2) is 6.12. The molecule has 4 N–H and O–H groups in total. The first-order valence-electron chi connectivity index (χ1n) is 6.36. The Morgan fingerprint density at radius 3 is 2.27 bits per heavy atom. The molecule has 1 heterocycles. The number of nitrogens with zero attached hydrogens (tertiary/aromatic N) is 1. The fraction of sp³-hybridized carbons (Fsp3) is 0.143. The van der Waals surface area contributed by atoms with Gasteiger partial charge in [0.2, 0.25) is 15.9 Å². The maximum Gasteiger partial charge on any atom is 0.255 e. The molecule has 0 aliphatic heterocycles. The lowest BCUT2D eigenvalue weighted by molar-refractivity contribution is -0.119. The second-order valence-electron chi connectivity index (χ2n) is 4.78. The van der Waals surface area contributed by atoms with Crippen molar-refractivity contribution in [3.63, 3.8) is 0 Å². The maximum absolute atomic E-state index is 11.7. The Labute approximate surface area is 127 Å². The predicted octanol–water partition coefficient (Wildman–Crippen LogP) is -0.305. The number of primary sulfonamides is 1. The number of amides is 1. The van der Waals surface area contributed by atoms with E-state index in [0.717, 1.165) is 0 Å². The number of pyridine rings is 1. The van der Waals surface area contributed by atoms with E-state index in [0.29, 0.717) is 11.3 Å². The van der Waals surface area contributed by atoms with Gasteiger partial charge in [0.25, 0.3) is 5.56 Å². The lowest BCUT2D eigenvalue weighted by Crippen LogP contribution is -2.31. The van der Waals surface area contributed by atoms with Gasteiger partial charge in [0.15, 0.2) is 0 Å². The molecule has 0 saturated carbocycles. The Morgan fingerprint density at radius 2 is 1.77 bits per heavy atom. The third-order valence-electron chi connectivity index (χ3n) is 3.14. The van der Waals surface area contributed by atoms with Gasteiger partial charge in [-0.15, -0.1) is 0 Å². The summed E-state index contributed by atoms with van der Waals surface area (Å²) in [7, 11) is -3.84. The van der Waals surface area contributed by atoms with Crippen LogP contribution < -0.4 is 16.4 Å². The van der Waals surface area contributed by atoms with E-state index in [4.69, 9.17) is 10.9 Å². The molecule has 0 aliphatic carbocycles. The Balaban J connectivity index is 2.37.